The second-order valence-electron chi connectivity index (χ2n) is 9.23. The summed E-state index contributed by atoms with van der Waals surface area (Å²) >= 11 is 0. The zero-order valence-electron chi connectivity index (χ0n) is 26.5. The van der Waals surface area contributed by atoms with Gasteiger partial charge in [0.1, 0.15) is 0 Å². The molecule has 0 amide bonds. The molecule has 39 heavy (non-hydrogen) atoms. The molecular weight excluding hydrogens is 500 g/mol. The van der Waals surface area contributed by atoms with Gasteiger partial charge >= 0.3 is 12.1 Å². The minimum absolute atomic E-state index is 0.0650. The fraction of sp³-hybridized carbons (Fsp3) is 0.677. The van der Waals surface area contributed by atoms with Gasteiger partial charge in [0.05, 0.1) is 18.5 Å². The summed E-state index contributed by atoms with van der Waals surface area (Å²) < 4.78 is 31.2. The number of carbonyl (C=O) groups excluding carboxylic acids is 2. The van der Waals surface area contributed by atoms with E-state index in [1.54, 1.807) is 39.0 Å². The zero-order chi connectivity index (χ0) is 30.6. The summed E-state index contributed by atoms with van der Waals surface area (Å²) in [6.45, 7) is 25.6. The highest BCUT2D eigenvalue weighted by molar-refractivity contribution is 5.69. The van der Waals surface area contributed by atoms with Gasteiger partial charge < -0.3 is 28.4 Å². The fourth-order valence-corrected chi connectivity index (χ4v) is 2.15. The molecule has 0 fully saturated rings. The maximum Gasteiger partial charge on any atom is 0.511 e. The summed E-state index contributed by atoms with van der Waals surface area (Å²) in [6.07, 6.45) is 2.71. The minimum atomic E-state index is -0.823. The van der Waals surface area contributed by atoms with Gasteiger partial charge in [-0.15, -0.1) is 0 Å². The lowest BCUT2D eigenvalue weighted by Gasteiger charge is -2.15. The minimum Gasteiger partial charge on any atom is -0.466 e. The topological polar surface area (TPSA) is 89.5 Å². The fourth-order valence-electron chi connectivity index (χ4n) is 2.15. The van der Waals surface area contributed by atoms with Crippen molar-refractivity contribution in [3.63, 3.8) is 0 Å². The summed E-state index contributed by atoms with van der Waals surface area (Å²) in [4.78, 5) is 23.2. The van der Waals surface area contributed by atoms with E-state index in [-0.39, 0.29) is 32.1 Å². The molecule has 0 saturated heterocycles. The number of allylic oxidation sites excluding steroid dienone is 1. The van der Waals surface area contributed by atoms with Crippen molar-refractivity contribution in [3.8, 4) is 11.5 Å². The number of rotatable bonds is 14. The number of esters is 1. The number of unbranched alkanes of at least 4 members (excludes halogenated alkanes) is 1. The van der Waals surface area contributed by atoms with Crippen LogP contribution in [0.3, 0.4) is 0 Å². The predicted molar refractivity (Wildman–Crippen MR) is 158 cm³/mol. The first-order valence-electron chi connectivity index (χ1n) is 14.1. The van der Waals surface area contributed by atoms with E-state index < -0.39 is 6.16 Å². The van der Waals surface area contributed by atoms with Crippen molar-refractivity contribution in [2.24, 2.45) is 5.92 Å². The van der Waals surface area contributed by atoms with E-state index in [1.807, 2.05) is 20.8 Å². The lowest BCUT2D eigenvalue weighted by Crippen LogP contribution is -2.16. The molecule has 0 N–H and O–H groups in total. The maximum atomic E-state index is 11.8. The first-order valence-corrected chi connectivity index (χ1v) is 14.1. The van der Waals surface area contributed by atoms with Crippen molar-refractivity contribution in [3.05, 3.63) is 36.1 Å². The Morgan fingerprint density at radius 3 is 1.92 bits per heavy atom. The van der Waals surface area contributed by atoms with Gasteiger partial charge in [-0.1, -0.05) is 80.9 Å². The largest absolute Gasteiger partial charge is 0.511 e. The summed E-state index contributed by atoms with van der Waals surface area (Å²) in [6, 6.07) is 5.21. The molecule has 0 unspecified atom stereocenters. The third-order valence-corrected chi connectivity index (χ3v) is 3.63. The normalized spacial score (nSPS) is 9.46. The number of hydrogen-bond donors (Lipinski definition) is 0. The molecule has 0 bridgehead atoms. The summed E-state index contributed by atoms with van der Waals surface area (Å²) in [5, 5.41) is 0. The Kier molecular flexibility index (Phi) is 29.3. The van der Waals surface area contributed by atoms with E-state index >= 15 is 0 Å². The number of aryl methyl sites for hydroxylation is 1. The van der Waals surface area contributed by atoms with Crippen molar-refractivity contribution < 1.29 is 38.0 Å². The van der Waals surface area contributed by atoms with Crippen LogP contribution in [0, 0.1) is 5.92 Å². The van der Waals surface area contributed by atoms with E-state index in [1.165, 1.54) is 6.42 Å². The molecule has 0 aromatic heterocycles. The van der Waals surface area contributed by atoms with Crippen molar-refractivity contribution in [2.75, 3.05) is 20.2 Å². The first kappa shape index (κ1) is 40.6. The van der Waals surface area contributed by atoms with Crippen LogP contribution in [-0.2, 0) is 30.2 Å². The molecule has 0 atom stereocenters. The average Bonchev–Trinajstić information content (AvgIpc) is 2.84. The van der Waals surface area contributed by atoms with Gasteiger partial charge in [-0.2, -0.15) is 0 Å². The molecule has 8 heteroatoms. The maximum absolute atomic E-state index is 11.8. The number of hydrogen-bond acceptors (Lipinski definition) is 8. The molecule has 1 rings (SSSR count). The monoisotopic (exact) mass is 556 g/mol. The summed E-state index contributed by atoms with van der Waals surface area (Å²) in [5.74, 6) is 1.83. The highest BCUT2D eigenvalue weighted by Crippen LogP contribution is 2.29. The lowest BCUT2D eigenvalue weighted by atomic mass is 10.1. The SMILES string of the molecule is C=C(C)OCOc1cc(CCC(=O)OCCCC)ccc1OCOC(=O)OC(C)C.CC.CC(C)C.CCC. The number of ether oxygens (including phenoxy) is 6. The van der Waals surface area contributed by atoms with E-state index in [9.17, 15) is 9.59 Å². The molecule has 0 aliphatic heterocycles. The van der Waals surface area contributed by atoms with Gasteiger partial charge in [0, 0.05) is 6.42 Å². The van der Waals surface area contributed by atoms with Crippen LogP contribution in [0.5, 0.6) is 11.5 Å². The Morgan fingerprint density at radius 1 is 0.872 bits per heavy atom. The predicted octanol–water partition coefficient (Wildman–Crippen LogP) is 8.85. The van der Waals surface area contributed by atoms with Crippen molar-refractivity contribution in [2.45, 2.75) is 114 Å². The highest BCUT2D eigenvalue weighted by Gasteiger charge is 2.12. The molecule has 228 valence electrons. The molecule has 0 saturated carbocycles. The smallest absolute Gasteiger partial charge is 0.466 e. The van der Waals surface area contributed by atoms with Crippen molar-refractivity contribution in [1.29, 1.82) is 0 Å². The van der Waals surface area contributed by atoms with Gasteiger partial charge in [-0.05, 0) is 57.2 Å². The lowest BCUT2D eigenvalue weighted by molar-refractivity contribution is -0.143. The Morgan fingerprint density at radius 2 is 1.41 bits per heavy atom. The molecule has 0 spiro atoms. The molecule has 1 aromatic rings. The van der Waals surface area contributed by atoms with Gasteiger partial charge in [0.2, 0.25) is 13.6 Å². The first-order chi connectivity index (χ1) is 18.5. The van der Waals surface area contributed by atoms with Gasteiger partial charge in [-0.25, -0.2) is 4.79 Å². The Bertz CT molecular complexity index is 741. The third-order valence-electron chi connectivity index (χ3n) is 3.63. The number of benzene rings is 1. The Hall–Kier alpha value is -2.90. The van der Waals surface area contributed by atoms with Crippen molar-refractivity contribution in [1.82, 2.24) is 0 Å². The molecule has 0 aliphatic carbocycles. The molecule has 8 nitrogen and oxygen atoms in total. The van der Waals surface area contributed by atoms with E-state index in [0.29, 0.717) is 30.3 Å². The van der Waals surface area contributed by atoms with Crippen LogP contribution in [0.2, 0.25) is 0 Å². The van der Waals surface area contributed by atoms with Crippen LogP contribution in [0.15, 0.2) is 30.5 Å². The standard InChI is InChI=1S/C22H32O8.C4H10.C3H8.C2H6/c1-6-7-12-25-21(23)11-9-18-8-10-19(20(13-18)28-14-26-16(2)3)27-15-29-22(24)30-17(4)5;1-4(2)3;1-3-2;1-2/h8,10,13,17H,2,6-7,9,11-12,14-15H2,1,3-5H3;4H,1-3H3;3H2,1-2H3;1-2H3. The molecule has 0 aliphatic rings. The highest BCUT2D eigenvalue weighted by atomic mass is 16.8. The average molecular weight is 557 g/mol. The van der Waals surface area contributed by atoms with Crippen LogP contribution in [0.4, 0.5) is 4.79 Å². The second kappa shape index (κ2) is 28.1. The van der Waals surface area contributed by atoms with Crippen LogP contribution >= 0.6 is 0 Å². The molecule has 0 heterocycles. The third kappa shape index (κ3) is 29.5. The van der Waals surface area contributed by atoms with E-state index in [4.69, 9.17) is 28.4 Å². The Labute approximate surface area is 238 Å². The summed E-state index contributed by atoms with van der Waals surface area (Å²) in [7, 11) is 0. The molecular formula is C31H56O8. The second-order valence-corrected chi connectivity index (χ2v) is 9.23. The van der Waals surface area contributed by atoms with E-state index in [2.05, 4.69) is 41.2 Å². The van der Waals surface area contributed by atoms with Crippen molar-refractivity contribution >= 4 is 12.1 Å². The quantitative estimate of drug-likeness (QED) is 0.0971. The molecule has 0 radical (unpaired) electrons. The van der Waals surface area contributed by atoms with Crippen LogP contribution < -0.4 is 9.47 Å². The van der Waals surface area contributed by atoms with E-state index in [0.717, 1.165) is 24.3 Å². The number of carbonyl (C=O) groups is 2. The van der Waals surface area contributed by atoms with Crippen LogP contribution in [-0.4, -0.2) is 38.4 Å². The van der Waals surface area contributed by atoms with Gasteiger partial charge in [-0.3, -0.25) is 4.79 Å². The zero-order valence-corrected chi connectivity index (χ0v) is 26.5. The molecule has 1 aromatic carbocycles. The summed E-state index contributed by atoms with van der Waals surface area (Å²) in [5.41, 5.74) is 0.861. The Balaban J connectivity index is -0.00000126. The van der Waals surface area contributed by atoms with Crippen LogP contribution in [0.25, 0.3) is 0 Å². The van der Waals surface area contributed by atoms with Gasteiger partial charge in [0.25, 0.3) is 0 Å². The van der Waals surface area contributed by atoms with Crippen LogP contribution in [0.1, 0.15) is 107 Å². The van der Waals surface area contributed by atoms with Gasteiger partial charge in [0.15, 0.2) is 11.5 Å².